The van der Waals surface area contributed by atoms with Crippen LogP contribution in [0, 0.1) is 5.41 Å². The van der Waals surface area contributed by atoms with Crippen LogP contribution in [0.25, 0.3) is 0 Å². The van der Waals surface area contributed by atoms with E-state index in [1.165, 1.54) is 11.1 Å². The fourth-order valence-electron chi connectivity index (χ4n) is 2.53. The van der Waals surface area contributed by atoms with Gasteiger partial charge < -0.3 is 4.55 Å². The van der Waals surface area contributed by atoms with Crippen LogP contribution in [0.15, 0.2) is 22.7 Å². The highest BCUT2D eigenvalue weighted by Gasteiger charge is 2.43. The number of hydrogen-bond donors (Lipinski definition) is 1. The number of halogens is 1. The van der Waals surface area contributed by atoms with Crippen LogP contribution in [0.2, 0.25) is 0 Å². The molecule has 0 fully saturated rings. The van der Waals surface area contributed by atoms with Crippen LogP contribution >= 0.6 is 15.9 Å². The van der Waals surface area contributed by atoms with Gasteiger partial charge in [-0.2, -0.15) is 0 Å². The van der Waals surface area contributed by atoms with Crippen molar-refractivity contribution in [1.82, 2.24) is 4.72 Å². The molecule has 0 saturated heterocycles. The van der Waals surface area contributed by atoms with E-state index in [4.69, 9.17) is 0 Å². The van der Waals surface area contributed by atoms with Gasteiger partial charge in [0.2, 0.25) is 0 Å². The van der Waals surface area contributed by atoms with Crippen LogP contribution in [0.4, 0.5) is 0 Å². The van der Waals surface area contributed by atoms with E-state index in [0.29, 0.717) is 0 Å². The number of hydrogen-bond acceptors (Lipinski definition) is 2. The lowest BCUT2D eigenvalue weighted by molar-refractivity contribution is 0.297. The second kappa shape index (κ2) is 5.06. The molecule has 0 spiro atoms. The molecule has 0 bridgehead atoms. The normalized spacial score (nSPS) is 23.2. The molecule has 0 saturated carbocycles. The van der Waals surface area contributed by atoms with Gasteiger partial charge in [0.05, 0.1) is 6.04 Å². The van der Waals surface area contributed by atoms with Crippen molar-refractivity contribution in [1.29, 1.82) is 0 Å². The van der Waals surface area contributed by atoms with Crippen molar-refractivity contribution in [3.05, 3.63) is 33.8 Å². The number of benzene rings is 1. The summed E-state index contributed by atoms with van der Waals surface area (Å²) in [6, 6.07) is 6.54. The van der Waals surface area contributed by atoms with E-state index in [-0.39, 0.29) is 16.2 Å². The Morgan fingerprint density at radius 2 is 2.00 bits per heavy atom. The third kappa shape index (κ3) is 3.18. The number of rotatable bonds is 2. The molecule has 2 rings (SSSR count). The second-order valence-electron chi connectivity index (χ2n) is 6.94. The highest BCUT2D eigenvalue weighted by Crippen LogP contribution is 2.46. The van der Waals surface area contributed by atoms with E-state index < -0.39 is 11.4 Å². The van der Waals surface area contributed by atoms with Crippen molar-refractivity contribution in [3.8, 4) is 0 Å². The molecule has 0 amide bonds. The summed E-state index contributed by atoms with van der Waals surface area (Å²) in [5, 5.41) is 0. The Morgan fingerprint density at radius 1 is 1.37 bits per heavy atom. The van der Waals surface area contributed by atoms with E-state index in [2.05, 4.69) is 52.7 Å². The average molecular weight is 344 g/mol. The van der Waals surface area contributed by atoms with Gasteiger partial charge in [-0.3, -0.25) is 0 Å². The van der Waals surface area contributed by atoms with Gasteiger partial charge >= 0.3 is 0 Å². The topological polar surface area (TPSA) is 35.1 Å². The first-order valence-corrected chi connectivity index (χ1v) is 8.52. The first-order chi connectivity index (χ1) is 8.61. The minimum Gasteiger partial charge on any atom is -0.598 e. The molecule has 106 valence electrons. The lowest BCUT2D eigenvalue weighted by atomic mass is 9.86. The second-order valence-corrected chi connectivity index (χ2v) is 9.85. The molecule has 0 aromatic heterocycles. The Hall–Kier alpha value is -0.0300. The Kier molecular flexibility index (Phi) is 4.09. The first-order valence-electron chi connectivity index (χ1n) is 6.58. The molecule has 0 unspecified atom stereocenters. The molecule has 0 aliphatic heterocycles. The van der Waals surface area contributed by atoms with E-state index in [1.54, 1.807) is 0 Å². The molecule has 1 N–H and O–H groups in total. The number of fused-ring (bicyclic) bond motifs is 1. The maximum Gasteiger partial charge on any atom is 0.136 e. The SMILES string of the molecule is CC1(C)Cc2cc(Br)ccc2[C@H]1N[S@@+]([O-])C(C)(C)C. The highest BCUT2D eigenvalue weighted by molar-refractivity contribution is 9.10. The molecule has 0 radical (unpaired) electrons. The van der Waals surface area contributed by atoms with Crippen LogP contribution in [0.1, 0.15) is 51.8 Å². The van der Waals surface area contributed by atoms with E-state index >= 15 is 0 Å². The summed E-state index contributed by atoms with van der Waals surface area (Å²) >= 11 is 2.48. The molecule has 19 heavy (non-hydrogen) atoms. The smallest absolute Gasteiger partial charge is 0.136 e. The average Bonchev–Trinajstić information content (AvgIpc) is 2.47. The van der Waals surface area contributed by atoms with Crippen LogP contribution in [-0.2, 0) is 17.8 Å². The van der Waals surface area contributed by atoms with Gasteiger partial charge in [-0.05, 0) is 55.9 Å². The molecular weight excluding hydrogens is 322 g/mol. The summed E-state index contributed by atoms with van der Waals surface area (Å²) in [6.45, 7) is 10.5. The van der Waals surface area contributed by atoms with Gasteiger partial charge in [0.1, 0.15) is 4.75 Å². The van der Waals surface area contributed by atoms with Crippen LogP contribution < -0.4 is 4.72 Å². The maximum atomic E-state index is 12.4. The van der Waals surface area contributed by atoms with Crippen molar-refractivity contribution in [3.63, 3.8) is 0 Å². The summed E-state index contributed by atoms with van der Waals surface area (Å²) in [5.41, 5.74) is 2.72. The Labute approximate surface area is 127 Å². The summed E-state index contributed by atoms with van der Waals surface area (Å²) in [6.07, 6.45) is 1.01. The minimum absolute atomic E-state index is 0.0873. The zero-order valence-corrected chi connectivity index (χ0v) is 14.6. The Morgan fingerprint density at radius 3 is 2.58 bits per heavy atom. The van der Waals surface area contributed by atoms with Crippen LogP contribution in [0.5, 0.6) is 0 Å². The van der Waals surface area contributed by atoms with Crippen molar-refractivity contribution in [2.45, 2.75) is 51.8 Å². The molecule has 1 aliphatic carbocycles. The van der Waals surface area contributed by atoms with Gasteiger partial charge in [0, 0.05) is 15.8 Å². The van der Waals surface area contributed by atoms with E-state index in [9.17, 15) is 4.55 Å². The van der Waals surface area contributed by atoms with Gasteiger partial charge in [0.25, 0.3) is 0 Å². The fraction of sp³-hybridized carbons (Fsp3) is 0.600. The molecule has 1 aromatic rings. The zero-order valence-electron chi connectivity index (χ0n) is 12.2. The zero-order chi connectivity index (χ0) is 14.4. The Balaban J connectivity index is 2.30. The van der Waals surface area contributed by atoms with Gasteiger partial charge in [-0.1, -0.05) is 35.8 Å². The molecule has 1 aromatic carbocycles. The Bertz CT molecular complexity index is 482. The van der Waals surface area contributed by atoms with Crippen LogP contribution in [-0.4, -0.2) is 9.30 Å². The van der Waals surface area contributed by atoms with Gasteiger partial charge in [-0.15, -0.1) is 4.72 Å². The van der Waals surface area contributed by atoms with E-state index in [1.807, 2.05) is 20.8 Å². The monoisotopic (exact) mass is 343 g/mol. The summed E-state index contributed by atoms with van der Waals surface area (Å²) in [7, 11) is 0. The third-order valence-corrected chi connectivity index (χ3v) is 5.68. The molecule has 4 heteroatoms. The first kappa shape index (κ1) is 15.4. The van der Waals surface area contributed by atoms with Crippen molar-refractivity contribution in [2.24, 2.45) is 5.41 Å². The fourth-order valence-corrected chi connectivity index (χ4v) is 3.95. The molecule has 2 atom stereocenters. The maximum absolute atomic E-state index is 12.4. The van der Waals surface area contributed by atoms with Gasteiger partial charge in [0.15, 0.2) is 0 Å². The van der Waals surface area contributed by atoms with Crippen molar-refractivity contribution >= 4 is 27.3 Å². The molecule has 2 nitrogen and oxygen atoms in total. The lowest BCUT2D eigenvalue weighted by Gasteiger charge is -2.32. The third-order valence-electron chi connectivity index (χ3n) is 3.62. The quantitative estimate of drug-likeness (QED) is 0.819. The largest absolute Gasteiger partial charge is 0.598 e. The predicted molar refractivity (Wildman–Crippen MR) is 85.4 cm³/mol. The lowest BCUT2D eigenvalue weighted by Crippen LogP contribution is -2.44. The molecule has 0 heterocycles. The minimum atomic E-state index is -1.05. The summed E-state index contributed by atoms with van der Waals surface area (Å²) in [5.74, 6) is 0. The van der Waals surface area contributed by atoms with Crippen molar-refractivity contribution < 1.29 is 4.55 Å². The van der Waals surface area contributed by atoms with Gasteiger partial charge in [-0.25, -0.2) is 0 Å². The number of nitrogens with one attached hydrogen (secondary N) is 1. The molecule has 1 aliphatic rings. The molecular formula is C15H22BrNOS. The summed E-state index contributed by atoms with van der Waals surface area (Å²) in [4.78, 5) is 0. The highest BCUT2D eigenvalue weighted by atomic mass is 79.9. The predicted octanol–water partition coefficient (Wildman–Crippen LogP) is 4.12. The van der Waals surface area contributed by atoms with Crippen molar-refractivity contribution in [2.75, 3.05) is 0 Å². The van der Waals surface area contributed by atoms with E-state index in [0.717, 1.165) is 10.9 Å². The standard InChI is InChI=1S/C15H22BrNOS/c1-14(2,3)19(18)17-13-12-7-6-11(16)8-10(12)9-15(13,4)5/h6-8,13,17H,9H2,1-5H3/t13-,19+/m1/s1. The summed E-state index contributed by atoms with van der Waals surface area (Å²) < 4.78 is 16.6. The van der Waals surface area contributed by atoms with Crippen LogP contribution in [0.3, 0.4) is 0 Å².